The van der Waals surface area contributed by atoms with E-state index in [-0.39, 0.29) is 24.3 Å². The van der Waals surface area contributed by atoms with E-state index in [1.807, 2.05) is 29.2 Å². The zero-order valence-electron chi connectivity index (χ0n) is 10.3. The lowest BCUT2D eigenvalue weighted by molar-refractivity contribution is -0.131. The molecule has 2 heterocycles. The average molecular weight is 246 g/mol. The van der Waals surface area contributed by atoms with Crippen LogP contribution in [0.15, 0.2) is 24.3 Å². The molecule has 2 aliphatic rings. The third-order valence-corrected chi connectivity index (χ3v) is 3.99. The molecule has 2 N–H and O–H groups in total. The van der Waals surface area contributed by atoms with E-state index in [0.717, 1.165) is 24.2 Å². The van der Waals surface area contributed by atoms with Gasteiger partial charge in [0.25, 0.3) is 0 Å². The number of carbonyl (C=O) groups is 1. The van der Waals surface area contributed by atoms with Crippen molar-refractivity contribution in [3.63, 3.8) is 0 Å². The lowest BCUT2D eigenvalue weighted by Crippen LogP contribution is -2.34. The number of benzene rings is 1. The van der Waals surface area contributed by atoms with E-state index in [2.05, 4.69) is 5.32 Å². The van der Waals surface area contributed by atoms with Crippen molar-refractivity contribution in [1.82, 2.24) is 4.90 Å². The molecule has 0 radical (unpaired) electrons. The zero-order chi connectivity index (χ0) is 12.5. The molecule has 1 aromatic rings. The van der Waals surface area contributed by atoms with E-state index in [1.54, 1.807) is 0 Å². The minimum atomic E-state index is -0.0568. The second-order valence-corrected chi connectivity index (χ2v) is 5.14. The highest BCUT2D eigenvalue weighted by Crippen LogP contribution is 2.33. The Bertz CT molecular complexity index is 461. The summed E-state index contributed by atoms with van der Waals surface area (Å²) in [5, 5.41) is 12.4. The summed E-state index contributed by atoms with van der Waals surface area (Å²) >= 11 is 0. The third-order valence-electron chi connectivity index (χ3n) is 3.99. The van der Waals surface area contributed by atoms with Crippen molar-refractivity contribution in [2.75, 3.05) is 31.6 Å². The van der Waals surface area contributed by atoms with Crippen LogP contribution >= 0.6 is 0 Å². The van der Waals surface area contributed by atoms with Crippen LogP contribution in [0.4, 0.5) is 5.69 Å². The van der Waals surface area contributed by atoms with Gasteiger partial charge in [0, 0.05) is 37.8 Å². The molecule has 0 aliphatic carbocycles. The Morgan fingerprint density at radius 1 is 1.44 bits per heavy atom. The van der Waals surface area contributed by atoms with E-state index in [0.29, 0.717) is 13.1 Å². The van der Waals surface area contributed by atoms with Crippen LogP contribution in [0.1, 0.15) is 17.9 Å². The number of aliphatic hydroxyl groups excluding tert-OH is 1. The van der Waals surface area contributed by atoms with Crippen molar-refractivity contribution in [2.24, 2.45) is 5.92 Å². The SMILES string of the molecule is O=C(C1CNc2ccccc21)N1CCC(CO)C1. The minimum absolute atomic E-state index is 0.0568. The lowest BCUT2D eigenvalue weighted by atomic mass is 10.00. The molecule has 0 spiro atoms. The van der Waals surface area contributed by atoms with Gasteiger partial charge in [-0.25, -0.2) is 0 Å². The highest BCUT2D eigenvalue weighted by molar-refractivity contribution is 5.88. The number of nitrogens with zero attached hydrogens (tertiary/aromatic N) is 1. The van der Waals surface area contributed by atoms with Crippen LogP contribution in [-0.2, 0) is 4.79 Å². The molecule has 1 fully saturated rings. The number of anilines is 1. The number of amides is 1. The zero-order valence-corrected chi connectivity index (χ0v) is 10.3. The van der Waals surface area contributed by atoms with E-state index in [1.165, 1.54) is 0 Å². The molecular weight excluding hydrogens is 228 g/mol. The van der Waals surface area contributed by atoms with Crippen LogP contribution in [-0.4, -0.2) is 42.2 Å². The summed E-state index contributed by atoms with van der Waals surface area (Å²) in [6, 6.07) is 8.00. The molecule has 4 heteroatoms. The van der Waals surface area contributed by atoms with Crippen molar-refractivity contribution in [1.29, 1.82) is 0 Å². The Morgan fingerprint density at radius 3 is 3.06 bits per heavy atom. The normalized spacial score (nSPS) is 25.9. The molecule has 2 atom stereocenters. The molecule has 1 amide bonds. The Kier molecular flexibility index (Phi) is 2.96. The van der Waals surface area contributed by atoms with Gasteiger partial charge < -0.3 is 15.3 Å². The first kappa shape index (κ1) is 11.5. The number of likely N-dealkylation sites (tertiary alicyclic amines) is 1. The molecule has 2 unspecified atom stereocenters. The number of carbonyl (C=O) groups excluding carboxylic acids is 1. The van der Waals surface area contributed by atoms with Gasteiger partial charge in [-0.15, -0.1) is 0 Å². The van der Waals surface area contributed by atoms with Crippen LogP contribution < -0.4 is 5.32 Å². The van der Waals surface area contributed by atoms with E-state index in [9.17, 15) is 4.79 Å². The molecule has 0 saturated carbocycles. The molecule has 1 aromatic carbocycles. The number of rotatable bonds is 2. The van der Waals surface area contributed by atoms with Crippen molar-refractivity contribution < 1.29 is 9.90 Å². The van der Waals surface area contributed by atoms with Gasteiger partial charge in [-0.2, -0.15) is 0 Å². The lowest BCUT2D eigenvalue weighted by Gasteiger charge is -2.20. The number of aliphatic hydroxyl groups is 1. The van der Waals surface area contributed by atoms with Crippen molar-refractivity contribution in [2.45, 2.75) is 12.3 Å². The van der Waals surface area contributed by atoms with Crippen LogP contribution in [0.25, 0.3) is 0 Å². The molecule has 3 rings (SSSR count). The first-order valence-corrected chi connectivity index (χ1v) is 6.52. The molecule has 4 nitrogen and oxygen atoms in total. The monoisotopic (exact) mass is 246 g/mol. The first-order chi connectivity index (χ1) is 8.79. The number of nitrogens with one attached hydrogen (secondary N) is 1. The number of fused-ring (bicyclic) bond motifs is 1. The van der Waals surface area contributed by atoms with Crippen LogP contribution in [0, 0.1) is 5.92 Å². The van der Waals surface area contributed by atoms with Crippen molar-refractivity contribution in [3.05, 3.63) is 29.8 Å². The average Bonchev–Trinajstić information content (AvgIpc) is 3.04. The predicted octanol–water partition coefficient (Wildman–Crippen LogP) is 1.04. The largest absolute Gasteiger partial charge is 0.396 e. The molecule has 96 valence electrons. The summed E-state index contributed by atoms with van der Waals surface area (Å²) < 4.78 is 0. The topological polar surface area (TPSA) is 52.6 Å². The highest BCUT2D eigenvalue weighted by atomic mass is 16.3. The van der Waals surface area contributed by atoms with Crippen LogP contribution in [0.5, 0.6) is 0 Å². The summed E-state index contributed by atoms with van der Waals surface area (Å²) in [6.07, 6.45) is 0.921. The van der Waals surface area contributed by atoms with Gasteiger partial charge in [-0.1, -0.05) is 18.2 Å². The smallest absolute Gasteiger partial charge is 0.231 e. The molecule has 18 heavy (non-hydrogen) atoms. The Labute approximate surface area is 107 Å². The minimum Gasteiger partial charge on any atom is -0.396 e. The summed E-state index contributed by atoms with van der Waals surface area (Å²) in [6.45, 7) is 2.36. The number of para-hydroxylation sites is 1. The second-order valence-electron chi connectivity index (χ2n) is 5.14. The van der Waals surface area contributed by atoms with E-state index < -0.39 is 0 Å². The van der Waals surface area contributed by atoms with E-state index in [4.69, 9.17) is 5.11 Å². The van der Waals surface area contributed by atoms with Crippen molar-refractivity contribution in [3.8, 4) is 0 Å². The maximum atomic E-state index is 12.5. The van der Waals surface area contributed by atoms with Gasteiger partial charge in [0.1, 0.15) is 0 Å². The van der Waals surface area contributed by atoms with Gasteiger partial charge in [-0.05, 0) is 18.1 Å². The fraction of sp³-hybridized carbons (Fsp3) is 0.500. The quantitative estimate of drug-likeness (QED) is 0.819. The maximum Gasteiger partial charge on any atom is 0.231 e. The summed E-state index contributed by atoms with van der Waals surface area (Å²) in [5.41, 5.74) is 2.18. The van der Waals surface area contributed by atoms with Gasteiger partial charge >= 0.3 is 0 Å². The fourth-order valence-electron chi connectivity index (χ4n) is 2.91. The maximum absolute atomic E-state index is 12.5. The Hall–Kier alpha value is -1.55. The third kappa shape index (κ3) is 1.86. The van der Waals surface area contributed by atoms with E-state index >= 15 is 0 Å². The van der Waals surface area contributed by atoms with Gasteiger partial charge in [-0.3, -0.25) is 4.79 Å². The Balaban J connectivity index is 1.75. The number of hydrogen-bond acceptors (Lipinski definition) is 3. The van der Waals surface area contributed by atoms with Gasteiger partial charge in [0.15, 0.2) is 0 Å². The van der Waals surface area contributed by atoms with Gasteiger partial charge in [0.2, 0.25) is 5.91 Å². The summed E-state index contributed by atoms with van der Waals surface area (Å²) in [7, 11) is 0. The fourth-order valence-corrected chi connectivity index (χ4v) is 2.91. The highest BCUT2D eigenvalue weighted by Gasteiger charge is 2.34. The molecular formula is C14H18N2O2. The molecule has 2 aliphatic heterocycles. The first-order valence-electron chi connectivity index (χ1n) is 6.52. The standard InChI is InChI=1S/C14H18N2O2/c17-9-10-5-6-16(8-10)14(18)12-7-15-13-4-2-1-3-11(12)13/h1-4,10,12,15,17H,5-9H2. The van der Waals surface area contributed by atoms with Crippen LogP contribution in [0.3, 0.4) is 0 Å². The molecule has 0 aromatic heterocycles. The number of hydrogen-bond donors (Lipinski definition) is 2. The summed E-state index contributed by atoms with van der Waals surface area (Å²) in [5.74, 6) is 0.403. The Morgan fingerprint density at radius 2 is 2.28 bits per heavy atom. The summed E-state index contributed by atoms with van der Waals surface area (Å²) in [4.78, 5) is 14.4. The van der Waals surface area contributed by atoms with Gasteiger partial charge in [0.05, 0.1) is 5.92 Å². The van der Waals surface area contributed by atoms with Crippen LogP contribution in [0.2, 0.25) is 0 Å². The van der Waals surface area contributed by atoms with Crippen molar-refractivity contribution >= 4 is 11.6 Å². The molecule has 0 bridgehead atoms. The molecule has 1 saturated heterocycles. The second kappa shape index (κ2) is 4.61. The predicted molar refractivity (Wildman–Crippen MR) is 69.4 cm³/mol.